The zero-order valence-corrected chi connectivity index (χ0v) is 30.4. The maximum Gasteiger partial charge on any atom is 0.302 e. The summed E-state index contributed by atoms with van der Waals surface area (Å²) in [5.74, 6) is 2.86. The first-order valence-corrected chi connectivity index (χ1v) is 18.5. The summed E-state index contributed by atoms with van der Waals surface area (Å²) in [6.45, 7) is 18.4. The van der Waals surface area contributed by atoms with Crippen LogP contribution >= 0.6 is 11.6 Å². The van der Waals surface area contributed by atoms with Crippen LogP contribution in [0, 0.1) is 45.3 Å². The number of ketones is 1. The van der Waals surface area contributed by atoms with Gasteiger partial charge in [-0.25, -0.2) is 0 Å². The summed E-state index contributed by atoms with van der Waals surface area (Å²) in [6.07, 6.45) is 9.45. The minimum Gasteiger partial charge on any atom is -0.462 e. The van der Waals surface area contributed by atoms with Gasteiger partial charge in [0.25, 0.3) is 0 Å². The van der Waals surface area contributed by atoms with E-state index in [2.05, 4.69) is 53.6 Å². The lowest BCUT2D eigenvalue weighted by Gasteiger charge is -2.72. The number of ether oxygens (including phenoxy) is 1. The summed E-state index contributed by atoms with van der Waals surface area (Å²) in [6, 6.07) is 7.77. The average Bonchev–Trinajstić information content (AvgIpc) is 3.58. The van der Waals surface area contributed by atoms with E-state index in [1.54, 1.807) is 6.92 Å². The molecule has 7 heteroatoms. The molecule has 47 heavy (non-hydrogen) atoms. The third-order valence-electron chi connectivity index (χ3n) is 14.8. The summed E-state index contributed by atoms with van der Waals surface area (Å²) in [5, 5.41) is 9.96. The molecule has 2 aromatic rings. The number of benzene rings is 1. The largest absolute Gasteiger partial charge is 0.462 e. The van der Waals surface area contributed by atoms with Gasteiger partial charge >= 0.3 is 5.97 Å². The minimum absolute atomic E-state index is 0.0214. The molecule has 0 unspecified atom stereocenters. The van der Waals surface area contributed by atoms with Crippen LogP contribution in [0.15, 0.2) is 39.8 Å². The van der Waals surface area contributed by atoms with Crippen LogP contribution in [-0.2, 0) is 26.2 Å². The number of allylic oxidation sites excluding steroid dienone is 2. The van der Waals surface area contributed by atoms with E-state index in [0.717, 1.165) is 62.5 Å². The Hall–Kier alpha value is -2.47. The van der Waals surface area contributed by atoms with E-state index in [1.165, 1.54) is 5.57 Å². The van der Waals surface area contributed by atoms with Crippen molar-refractivity contribution in [3.8, 4) is 0 Å². The second kappa shape index (κ2) is 11.0. The van der Waals surface area contributed by atoms with Gasteiger partial charge in [-0.15, -0.1) is 10.2 Å². The summed E-state index contributed by atoms with van der Waals surface area (Å²) in [4.78, 5) is 26.1. The van der Waals surface area contributed by atoms with Crippen LogP contribution in [0.4, 0.5) is 0 Å². The molecular formula is C40H53ClN2O4. The number of carbonyl (C=O) groups is 2. The molecule has 0 saturated heterocycles. The highest BCUT2D eigenvalue weighted by Gasteiger charge is 2.71. The van der Waals surface area contributed by atoms with Crippen LogP contribution in [0.1, 0.15) is 131 Å². The highest BCUT2D eigenvalue weighted by atomic mass is 35.5. The van der Waals surface area contributed by atoms with E-state index in [1.807, 2.05) is 24.3 Å². The maximum absolute atomic E-state index is 14.1. The lowest BCUT2D eigenvalue weighted by atomic mass is 9.33. The highest BCUT2D eigenvalue weighted by molar-refractivity contribution is 6.30. The third kappa shape index (κ3) is 4.69. The predicted octanol–water partition coefficient (Wildman–Crippen LogP) is 9.48. The molecule has 0 bridgehead atoms. The Balaban J connectivity index is 1.25. The normalized spacial score (nSPS) is 39.2. The van der Waals surface area contributed by atoms with Crippen LogP contribution in [0.3, 0.4) is 0 Å². The fourth-order valence-electron chi connectivity index (χ4n) is 12.6. The number of fused-ring (bicyclic) bond motifs is 7. The monoisotopic (exact) mass is 660 g/mol. The van der Waals surface area contributed by atoms with E-state index in [9.17, 15) is 9.59 Å². The summed E-state index contributed by atoms with van der Waals surface area (Å²) in [5.41, 5.74) is 3.22. The SMILES string of the molecule is CC(=O)O[C@H]1CC[C@]2(C)[C@H]3CC[C@@H]4C5=C(C(C)C)C(=O)C[C@]5(c5nnc(Cc6ccc(Cl)cc6)o5)CC[C@@]4(C)[C@]3(C)CC[C@H]2C1(C)C. The number of Topliss-reactive ketones (excluding diaryl/α,β-unsaturated/α-hetero) is 1. The summed E-state index contributed by atoms with van der Waals surface area (Å²) < 4.78 is 12.5. The Kier molecular flexibility index (Phi) is 7.75. The third-order valence-corrected chi connectivity index (χ3v) is 15.1. The Morgan fingerprint density at radius 1 is 0.936 bits per heavy atom. The molecule has 5 aliphatic carbocycles. The molecule has 254 valence electrons. The molecule has 1 heterocycles. The van der Waals surface area contributed by atoms with Crippen LogP contribution in [0.25, 0.3) is 0 Å². The van der Waals surface area contributed by atoms with Crippen molar-refractivity contribution >= 4 is 23.4 Å². The first-order valence-electron chi connectivity index (χ1n) is 18.1. The number of esters is 1. The number of hydrogen-bond acceptors (Lipinski definition) is 6. The number of rotatable bonds is 5. The van der Waals surface area contributed by atoms with Crippen LogP contribution in [-0.4, -0.2) is 28.1 Å². The second-order valence-electron chi connectivity index (χ2n) is 17.5. The van der Waals surface area contributed by atoms with E-state index in [4.69, 9.17) is 25.9 Å². The van der Waals surface area contributed by atoms with Crippen LogP contribution in [0.5, 0.6) is 0 Å². The molecule has 5 aliphatic rings. The fraction of sp³-hybridized carbons (Fsp3) is 0.700. The van der Waals surface area contributed by atoms with E-state index in [-0.39, 0.29) is 45.4 Å². The zero-order valence-electron chi connectivity index (χ0n) is 29.7. The number of hydrogen-bond donors (Lipinski definition) is 0. The van der Waals surface area contributed by atoms with Gasteiger partial charge in [-0.3, -0.25) is 9.59 Å². The highest BCUT2D eigenvalue weighted by Crippen LogP contribution is 2.76. The zero-order chi connectivity index (χ0) is 33.7. The van der Waals surface area contributed by atoms with Crippen molar-refractivity contribution in [2.45, 2.75) is 131 Å². The van der Waals surface area contributed by atoms with Crippen molar-refractivity contribution in [3.05, 3.63) is 57.8 Å². The second-order valence-corrected chi connectivity index (χ2v) is 18.0. The summed E-state index contributed by atoms with van der Waals surface area (Å²) in [7, 11) is 0. The molecule has 7 rings (SSSR count). The van der Waals surface area contributed by atoms with Gasteiger partial charge in [0.2, 0.25) is 11.8 Å². The molecule has 0 spiro atoms. The first-order chi connectivity index (χ1) is 22.1. The molecular weight excluding hydrogens is 608 g/mol. The Morgan fingerprint density at radius 2 is 1.66 bits per heavy atom. The van der Waals surface area contributed by atoms with E-state index in [0.29, 0.717) is 47.4 Å². The van der Waals surface area contributed by atoms with E-state index >= 15 is 0 Å². The number of halogens is 1. The number of carbonyl (C=O) groups excluding carboxylic acids is 2. The van der Waals surface area contributed by atoms with Gasteiger partial charge in [-0.05, 0) is 120 Å². The van der Waals surface area contributed by atoms with Gasteiger partial charge in [-0.1, -0.05) is 72.2 Å². The Bertz CT molecular complexity index is 1620. The van der Waals surface area contributed by atoms with Crippen molar-refractivity contribution < 1.29 is 18.7 Å². The minimum atomic E-state index is -0.513. The van der Waals surface area contributed by atoms with Crippen LogP contribution in [0.2, 0.25) is 5.02 Å². The number of aromatic nitrogens is 2. The fourth-order valence-corrected chi connectivity index (χ4v) is 12.7. The standard InChI is InChI=1S/C40H53ClN2O4/c1-23(2)33-28(45)22-40(35-43-42-32(47-35)21-25-9-11-26(41)12-10-25)20-19-38(7)27(34(33)40)13-14-30-37(6)17-16-31(46-24(3)44)36(4,5)29(37)15-18-39(30,38)8/h9-12,23,27,29-31H,13-22H2,1-8H3/t27-,29+,30-,31+,37+,38-,39-,40-/m1/s1. The lowest BCUT2D eigenvalue weighted by Crippen LogP contribution is -2.66. The summed E-state index contributed by atoms with van der Waals surface area (Å²) >= 11 is 6.12. The molecule has 0 radical (unpaired) electrons. The van der Waals surface area contributed by atoms with E-state index < -0.39 is 5.41 Å². The first kappa shape index (κ1) is 33.0. The molecule has 8 atom stereocenters. The molecule has 6 nitrogen and oxygen atoms in total. The molecule has 1 aromatic heterocycles. The van der Waals surface area contributed by atoms with Crippen LogP contribution < -0.4 is 0 Å². The molecule has 4 saturated carbocycles. The predicted molar refractivity (Wildman–Crippen MR) is 183 cm³/mol. The maximum atomic E-state index is 14.1. The lowest BCUT2D eigenvalue weighted by molar-refractivity contribution is -0.231. The van der Waals surface area contributed by atoms with Gasteiger partial charge < -0.3 is 9.15 Å². The van der Waals surface area contributed by atoms with Crippen molar-refractivity contribution in [2.24, 2.45) is 45.3 Å². The Morgan fingerprint density at radius 3 is 2.34 bits per heavy atom. The molecule has 0 N–H and O–H groups in total. The molecule has 0 amide bonds. The van der Waals surface area contributed by atoms with Crippen molar-refractivity contribution in [1.82, 2.24) is 10.2 Å². The smallest absolute Gasteiger partial charge is 0.302 e. The quantitative estimate of drug-likeness (QED) is 0.297. The Labute approximate surface area is 285 Å². The number of nitrogens with zero attached hydrogens (tertiary/aromatic N) is 2. The molecule has 1 aromatic carbocycles. The van der Waals surface area contributed by atoms with Crippen molar-refractivity contribution in [2.75, 3.05) is 0 Å². The van der Waals surface area contributed by atoms with Crippen molar-refractivity contribution in [3.63, 3.8) is 0 Å². The average molecular weight is 661 g/mol. The van der Waals surface area contributed by atoms with Gasteiger partial charge in [0, 0.05) is 23.8 Å². The molecule has 0 aliphatic heterocycles. The van der Waals surface area contributed by atoms with Gasteiger partial charge in [0.1, 0.15) is 6.10 Å². The van der Waals surface area contributed by atoms with Gasteiger partial charge in [0.05, 0.1) is 11.8 Å². The van der Waals surface area contributed by atoms with Crippen molar-refractivity contribution in [1.29, 1.82) is 0 Å². The van der Waals surface area contributed by atoms with Gasteiger partial charge in [-0.2, -0.15) is 0 Å². The molecule has 4 fully saturated rings. The van der Waals surface area contributed by atoms with Gasteiger partial charge in [0.15, 0.2) is 5.78 Å². The topological polar surface area (TPSA) is 82.3 Å².